The van der Waals surface area contributed by atoms with E-state index in [0.29, 0.717) is 34.4 Å². The van der Waals surface area contributed by atoms with Crippen LogP contribution < -0.4 is 20.1 Å². The van der Waals surface area contributed by atoms with Crippen molar-refractivity contribution < 1.29 is 13.9 Å². The lowest BCUT2D eigenvalue weighted by Gasteiger charge is -2.15. The Labute approximate surface area is 174 Å². The highest BCUT2D eigenvalue weighted by Gasteiger charge is 2.15. The van der Waals surface area contributed by atoms with Crippen LogP contribution in [0.5, 0.6) is 11.5 Å². The van der Waals surface area contributed by atoms with E-state index in [-0.39, 0.29) is 5.82 Å². The van der Waals surface area contributed by atoms with Crippen molar-refractivity contribution in [3.05, 3.63) is 65.2 Å². The van der Waals surface area contributed by atoms with E-state index in [2.05, 4.69) is 15.7 Å². The van der Waals surface area contributed by atoms with E-state index in [0.717, 1.165) is 17.1 Å². The van der Waals surface area contributed by atoms with Crippen LogP contribution >= 0.6 is 12.2 Å². The first-order chi connectivity index (χ1) is 13.9. The zero-order valence-corrected chi connectivity index (χ0v) is 17.6. The molecule has 0 spiro atoms. The first-order valence-corrected chi connectivity index (χ1v) is 9.41. The number of rotatable bonds is 6. The molecule has 1 aromatic heterocycles. The third-order valence-corrected chi connectivity index (χ3v) is 4.76. The predicted octanol–water partition coefficient (Wildman–Crippen LogP) is 4.51. The lowest BCUT2D eigenvalue weighted by molar-refractivity contribution is 0.405. The first kappa shape index (κ1) is 20.6. The molecule has 0 radical (unpaired) electrons. The monoisotopic (exact) mass is 414 g/mol. The number of halogens is 1. The van der Waals surface area contributed by atoms with E-state index in [4.69, 9.17) is 21.7 Å². The van der Waals surface area contributed by atoms with Crippen LogP contribution in [0.4, 0.5) is 15.8 Å². The number of ether oxygens (including phenoxy) is 2. The van der Waals surface area contributed by atoms with Gasteiger partial charge in [-0.2, -0.15) is 5.10 Å². The van der Waals surface area contributed by atoms with E-state index in [1.165, 1.54) is 6.07 Å². The van der Waals surface area contributed by atoms with Gasteiger partial charge in [0, 0.05) is 11.6 Å². The second-order valence-electron chi connectivity index (χ2n) is 6.44. The molecule has 6 nitrogen and oxygen atoms in total. The number of nitrogens with zero attached hydrogens (tertiary/aromatic N) is 2. The van der Waals surface area contributed by atoms with Crippen molar-refractivity contribution in [1.82, 2.24) is 9.78 Å². The van der Waals surface area contributed by atoms with Gasteiger partial charge in [-0.15, -0.1) is 0 Å². The molecule has 3 rings (SSSR count). The number of aromatic nitrogens is 2. The van der Waals surface area contributed by atoms with Crippen LogP contribution in [-0.2, 0) is 6.54 Å². The standard InChI is InChI=1S/C21H23FN4O2S/c1-13-20(14(2)26(25-13)12-15-7-5-6-8-17(15)22)24-21(29)23-18-11-16(27-3)9-10-19(18)28-4/h5-11H,12H2,1-4H3,(H2,23,24,29). The fourth-order valence-electron chi connectivity index (χ4n) is 3.00. The molecule has 2 N–H and O–H groups in total. The molecule has 0 aliphatic heterocycles. The Balaban J connectivity index is 1.78. The van der Waals surface area contributed by atoms with Crippen molar-refractivity contribution in [2.75, 3.05) is 24.9 Å². The number of nitrogens with one attached hydrogen (secondary N) is 2. The molecule has 2 aromatic carbocycles. The molecular weight excluding hydrogens is 391 g/mol. The van der Waals surface area contributed by atoms with Crippen LogP contribution in [0.1, 0.15) is 17.0 Å². The highest BCUT2D eigenvalue weighted by molar-refractivity contribution is 7.80. The number of benzene rings is 2. The number of aryl methyl sites for hydroxylation is 1. The zero-order chi connectivity index (χ0) is 21.0. The number of methoxy groups -OCH3 is 2. The molecule has 0 fully saturated rings. The Bertz CT molecular complexity index is 1040. The van der Waals surface area contributed by atoms with E-state index < -0.39 is 0 Å². The van der Waals surface area contributed by atoms with Crippen molar-refractivity contribution in [3.63, 3.8) is 0 Å². The molecule has 0 unspecified atom stereocenters. The Morgan fingerprint density at radius 3 is 2.55 bits per heavy atom. The van der Waals surface area contributed by atoms with Crippen molar-refractivity contribution in [1.29, 1.82) is 0 Å². The van der Waals surface area contributed by atoms with Crippen molar-refractivity contribution in [3.8, 4) is 11.5 Å². The van der Waals surface area contributed by atoms with Gasteiger partial charge in [-0.1, -0.05) is 18.2 Å². The van der Waals surface area contributed by atoms with Gasteiger partial charge in [0.05, 0.1) is 43.5 Å². The minimum Gasteiger partial charge on any atom is -0.497 e. The summed E-state index contributed by atoms with van der Waals surface area (Å²) in [7, 11) is 3.18. The third kappa shape index (κ3) is 4.65. The maximum atomic E-state index is 14.0. The topological polar surface area (TPSA) is 60.3 Å². The molecule has 0 saturated heterocycles. The van der Waals surface area contributed by atoms with Crippen LogP contribution in [-0.4, -0.2) is 29.1 Å². The fourth-order valence-corrected chi connectivity index (χ4v) is 3.21. The molecule has 1 heterocycles. The van der Waals surface area contributed by atoms with E-state index in [9.17, 15) is 4.39 Å². The van der Waals surface area contributed by atoms with Crippen LogP contribution in [0.3, 0.4) is 0 Å². The molecule has 0 aliphatic carbocycles. The molecule has 0 aliphatic rings. The number of hydrogen-bond acceptors (Lipinski definition) is 4. The van der Waals surface area contributed by atoms with Gasteiger partial charge >= 0.3 is 0 Å². The Hall–Kier alpha value is -3.13. The fraction of sp³-hybridized carbons (Fsp3) is 0.238. The third-order valence-electron chi connectivity index (χ3n) is 4.55. The summed E-state index contributed by atoms with van der Waals surface area (Å²) in [5.41, 5.74) is 3.65. The molecule has 8 heteroatoms. The number of hydrogen-bond donors (Lipinski definition) is 2. The maximum Gasteiger partial charge on any atom is 0.175 e. The Morgan fingerprint density at radius 2 is 1.86 bits per heavy atom. The molecule has 152 valence electrons. The van der Waals surface area contributed by atoms with Gasteiger partial charge in [-0.25, -0.2) is 4.39 Å². The minimum absolute atomic E-state index is 0.253. The summed E-state index contributed by atoms with van der Waals surface area (Å²) in [5.74, 6) is 1.07. The quantitative estimate of drug-likeness (QED) is 0.579. The lowest BCUT2D eigenvalue weighted by atomic mass is 10.2. The molecular formula is C21H23FN4O2S. The van der Waals surface area contributed by atoms with Crippen molar-refractivity contribution in [2.24, 2.45) is 0 Å². The van der Waals surface area contributed by atoms with Gasteiger partial charge in [0.15, 0.2) is 5.11 Å². The Morgan fingerprint density at radius 1 is 1.10 bits per heavy atom. The Kier molecular flexibility index (Phi) is 6.33. The SMILES string of the molecule is COc1ccc(OC)c(NC(=S)Nc2c(C)nn(Cc3ccccc3F)c2C)c1. The average Bonchev–Trinajstić information content (AvgIpc) is 2.97. The molecule has 0 bridgehead atoms. The summed E-state index contributed by atoms with van der Waals surface area (Å²) in [6, 6.07) is 12.1. The zero-order valence-electron chi connectivity index (χ0n) is 16.7. The molecule has 29 heavy (non-hydrogen) atoms. The van der Waals surface area contributed by atoms with Crippen LogP contribution in [0.2, 0.25) is 0 Å². The van der Waals surface area contributed by atoms with E-state index >= 15 is 0 Å². The summed E-state index contributed by atoms with van der Waals surface area (Å²) in [4.78, 5) is 0. The smallest absolute Gasteiger partial charge is 0.175 e. The van der Waals surface area contributed by atoms with Gasteiger partial charge in [0.25, 0.3) is 0 Å². The van der Waals surface area contributed by atoms with Crippen molar-refractivity contribution in [2.45, 2.75) is 20.4 Å². The van der Waals surface area contributed by atoms with Gasteiger partial charge in [-0.3, -0.25) is 4.68 Å². The summed E-state index contributed by atoms with van der Waals surface area (Å²) < 4.78 is 26.4. The van der Waals surface area contributed by atoms with Gasteiger partial charge in [-0.05, 0) is 44.3 Å². The highest BCUT2D eigenvalue weighted by atomic mass is 32.1. The van der Waals surface area contributed by atoms with Crippen LogP contribution in [0, 0.1) is 19.7 Å². The largest absolute Gasteiger partial charge is 0.497 e. The summed E-state index contributed by atoms with van der Waals surface area (Å²) in [6.07, 6.45) is 0. The van der Waals surface area contributed by atoms with Crippen LogP contribution in [0.25, 0.3) is 0 Å². The first-order valence-electron chi connectivity index (χ1n) is 9.00. The summed E-state index contributed by atoms with van der Waals surface area (Å²) in [6.45, 7) is 4.13. The highest BCUT2D eigenvalue weighted by Crippen LogP contribution is 2.29. The average molecular weight is 415 g/mol. The second kappa shape index (κ2) is 8.91. The normalized spacial score (nSPS) is 10.5. The van der Waals surface area contributed by atoms with Gasteiger partial charge in [0.2, 0.25) is 0 Å². The maximum absolute atomic E-state index is 14.0. The summed E-state index contributed by atoms with van der Waals surface area (Å²) >= 11 is 5.47. The minimum atomic E-state index is -0.253. The lowest BCUT2D eigenvalue weighted by Crippen LogP contribution is -2.20. The molecule has 0 atom stereocenters. The van der Waals surface area contributed by atoms with E-state index in [1.807, 2.05) is 26.0 Å². The van der Waals surface area contributed by atoms with Crippen LogP contribution in [0.15, 0.2) is 42.5 Å². The molecule has 3 aromatic rings. The predicted molar refractivity (Wildman–Crippen MR) is 117 cm³/mol. The van der Waals surface area contributed by atoms with E-state index in [1.54, 1.807) is 43.2 Å². The molecule has 0 amide bonds. The number of anilines is 2. The summed E-state index contributed by atoms with van der Waals surface area (Å²) in [5, 5.41) is 11.2. The van der Waals surface area contributed by atoms with Gasteiger partial charge < -0.3 is 20.1 Å². The van der Waals surface area contributed by atoms with Crippen molar-refractivity contribution >= 4 is 28.7 Å². The van der Waals surface area contributed by atoms with Gasteiger partial charge in [0.1, 0.15) is 17.3 Å². The number of thiocarbonyl (C=S) groups is 1. The second-order valence-corrected chi connectivity index (χ2v) is 6.85. The molecule has 0 saturated carbocycles.